The minimum absolute atomic E-state index is 0.00315. The topological polar surface area (TPSA) is 75.4 Å². The van der Waals surface area contributed by atoms with Crippen molar-refractivity contribution in [1.29, 1.82) is 0 Å². The van der Waals surface area contributed by atoms with E-state index in [1.54, 1.807) is 13.8 Å². The van der Waals surface area contributed by atoms with Gasteiger partial charge in [-0.15, -0.1) is 0 Å². The van der Waals surface area contributed by atoms with Gasteiger partial charge >= 0.3 is 0 Å². The highest BCUT2D eigenvalue weighted by Crippen LogP contribution is 2.27. The maximum atomic E-state index is 12.6. The second-order valence-electron chi connectivity index (χ2n) is 5.71. The molecule has 3 rings (SSSR count). The smallest absolute Gasteiger partial charge is 0.259 e. The normalized spacial score (nSPS) is 26.1. The lowest BCUT2D eigenvalue weighted by molar-refractivity contribution is -0.125. The summed E-state index contributed by atoms with van der Waals surface area (Å²) >= 11 is 0. The molecule has 0 aliphatic carbocycles. The Morgan fingerprint density at radius 3 is 2.90 bits per heavy atom. The fourth-order valence-electron chi connectivity index (χ4n) is 3.24. The molecule has 2 aliphatic heterocycles. The van der Waals surface area contributed by atoms with Crippen LogP contribution in [-0.2, 0) is 4.79 Å². The molecule has 0 radical (unpaired) electrons. The number of nitrogens with one attached hydrogen (secondary N) is 1. The number of piperidine rings is 2. The highest BCUT2D eigenvalue weighted by atomic mass is 16.5. The molecule has 2 amide bonds. The summed E-state index contributed by atoms with van der Waals surface area (Å²) in [6, 6.07) is 0.227. The van der Waals surface area contributed by atoms with Gasteiger partial charge in [0.2, 0.25) is 5.91 Å². The molecule has 6 heteroatoms. The molecule has 0 bridgehead atoms. The number of amides is 2. The lowest BCUT2D eigenvalue weighted by atomic mass is 9.85. The van der Waals surface area contributed by atoms with Crippen molar-refractivity contribution in [2.45, 2.75) is 39.2 Å². The first-order chi connectivity index (χ1) is 9.56. The minimum Gasteiger partial charge on any atom is -0.361 e. The number of carbonyl (C=O) groups is 2. The Kier molecular flexibility index (Phi) is 3.23. The van der Waals surface area contributed by atoms with Crippen LogP contribution in [0.15, 0.2) is 4.52 Å². The van der Waals surface area contributed by atoms with Crippen LogP contribution in [0.25, 0.3) is 0 Å². The van der Waals surface area contributed by atoms with E-state index in [4.69, 9.17) is 4.52 Å². The van der Waals surface area contributed by atoms with Crippen LogP contribution >= 0.6 is 0 Å². The van der Waals surface area contributed by atoms with Crippen LogP contribution in [0.1, 0.15) is 41.1 Å². The van der Waals surface area contributed by atoms with Crippen molar-refractivity contribution in [3.8, 4) is 0 Å². The van der Waals surface area contributed by atoms with Gasteiger partial charge in [-0.3, -0.25) is 9.59 Å². The fourth-order valence-corrected chi connectivity index (χ4v) is 3.24. The molecule has 1 N–H and O–H groups in total. The molecule has 108 valence electrons. The summed E-state index contributed by atoms with van der Waals surface area (Å²) in [7, 11) is 0. The van der Waals surface area contributed by atoms with Crippen LogP contribution in [0.4, 0.5) is 0 Å². The van der Waals surface area contributed by atoms with Gasteiger partial charge in [-0.25, -0.2) is 0 Å². The van der Waals surface area contributed by atoms with Crippen molar-refractivity contribution in [1.82, 2.24) is 15.4 Å². The molecule has 3 heterocycles. The molecular formula is C14H19N3O3. The van der Waals surface area contributed by atoms with Gasteiger partial charge in [0.1, 0.15) is 11.3 Å². The summed E-state index contributed by atoms with van der Waals surface area (Å²) in [5.41, 5.74) is 1.23. The maximum absolute atomic E-state index is 12.6. The van der Waals surface area contributed by atoms with Crippen LogP contribution in [0.5, 0.6) is 0 Å². The molecule has 20 heavy (non-hydrogen) atoms. The number of hydrogen-bond acceptors (Lipinski definition) is 4. The Balaban J connectivity index is 1.73. The Morgan fingerprint density at radius 1 is 1.40 bits per heavy atom. The number of carbonyl (C=O) groups excluding carboxylic acids is 2. The molecule has 6 nitrogen and oxygen atoms in total. The van der Waals surface area contributed by atoms with E-state index >= 15 is 0 Å². The zero-order valence-electron chi connectivity index (χ0n) is 11.8. The molecular weight excluding hydrogens is 258 g/mol. The molecule has 2 saturated heterocycles. The Bertz CT molecular complexity index is 532. The molecule has 0 saturated carbocycles. The van der Waals surface area contributed by atoms with Crippen molar-refractivity contribution >= 4 is 11.8 Å². The average molecular weight is 277 g/mol. The highest BCUT2D eigenvalue weighted by molar-refractivity contribution is 5.96. The summed E-state index contributed by atoms with van der Waals surface area (Å²) in [5, 5.41) is 6.87. The number of aromatic nitrogens is 1. The first kappa shape index (κ1) is 13.1. The third-order valence-electron chi connectivity index (χ3n) is 4.36. The lowest BCUT2D eigenvalue weighted by Crippen LogP contribution is -2.55. The second-order valence-corrected chi connectivity index (χ2v) is 5.71. The second kappa shape index (κ2) is 4.92. The van der Waals surface area contributed by atoms with E-state index in [1.165, 1.54) is 0 Å². The maximum Gasteiger partial charge on any atom is 0.259 e. The molecule has 2 unspecified atom stereocenters. The standard InChI is InChI=1S/C14H19N3O3/c1-8-13(9(2)20-16-8)14(19)17-6-5-11-10(7-17)3-4-12(18)15-11/h10-11H,3-7H2,1-2H3,(H,15,18). The molecule has 0 spiro atoms. The van der Waals surface area contributed by atoms with Gasteiger partial charge < -0.3 is 14.7 Å². The third-order valence-corrected chi connectivity index (χ3v) is 4.36. The van der Waals surface area contributed by atoms with Gasteiger partial charge in [-0.2, -0.15) is 0 Å². The first-order valence-corrected chi connectivity index (χ1v) is 7.07. The molecule has 1 aromatic rings. The van der Waals surface area contributed by atoms with E-state index in [9.17, 15) is 9.59 Å². The zero-order chi connectivity index (χ0) is 14.3. The minimum atomic E-state index is -0.00315. The Morgan fingerprint density at radius 2 is 2.20 bits per heavy atom. The van der Waals surface area contributed by atoms with E-state index in [0.29, 0.717) is 42.4 Å². The predicted molar refractivity (Wildman–Crippen MR) is 71.2 cm³/mol. The van der Waals surface area contributed by atoms with Crippen molar-refractivity contribution < 1.29 is 14.1 Å². The van der Waals surface area contributed by atoms with Crippen LogP contribution in [-0.4, -0.2) is 41.0 Å². The number of rotatable bonds is 1. The first-order valence-electron chi connectivity index (χ1n) is 7.07. The van der Waals surface area contributed by atoms with Gasteiger partial charge in [-0.05, 0) is 32.6 Å². The van der Waals surface area contributed by atoms with Crippen molar-refractivity contribution in [2.75, 3.05) is 13.1 Å². The highest BCUT2D eigenvalue weighted by Gasteiger charge is 2.36. The van der Waals surface area contributed by atoms with Gasteiger partial charge in [0.05, 0.1) is 5.69 Å². The molecule has 2 aliphatic rings. The van der Waals surface area contributed by atoms with E-state index in [-0.39, 0.29) is 17.9 Å². The summed E-state index contributed by atoms with van der Waals surface area (Å²) in [6.45, 7) is 4.93. The van der Waals surface area contributed by atoms with Crippen LogP contribution in [0.3, 0.4) is 0 Å². The monoisotopic (exact) mass is 277 g/mol. The summed E-state index contributed by atoms with van der Waals surface area (Å²) < 4.78 is 5.07. The number of likely N-dealkylation sites (tertiary alicyclic amines) is 1. The number of fused-ring (bicyclic) bond motifs is 1. The SMILES string of the molecule is Cc1noc(C)c1C(=O)N1CCC2NC(=O)CCC2C1. The molecule has 2 fully saturated rings. The summed E-state index contributed by atoms with van der Waals surface area (Å²) in [6.07, 6.45) is 2.25. The predicted octanol–water partition coefficient (Wildman–Crippen LogP) is 1.03. The van der Waals surface area contributed by atoms with Gasteiger partial charge in [0, 0.05) is 25.6 Å². The third kappa shape index (κ3) is 2.19. The van der Waals surface area contributed by atoms with Crippen LogP contribution in [0.2, 0.25) is 0 Å². The van der Waals surface area contributed by atoms with Gasteiger partial charge in [-0.1, -0.05) is 5.16 Å². The van der Waals surface area contributed by atoms with E-state index in [1.807, 2.05) is 4.90 Å². The van der Waals surface area contributed by atoms with Crippen molar-refractivity contribution in [3.05, 3.63) is 17.0 Å². The van der Waals surface area contributed by atoms with E-state index < -0.39 is 0 Å². The fraction of sp³-hybridized carbons (Fsp3) is 0.643. The lowest BCUT2D eigenvalue weighted by Gasteiger charge is -2.41. The van der Waals surface area contributed by atoms with Gasteiger partial charge in [0.15, 0.2) is 0 Å². The summed E-state index contributed by atoms with van der Waals surface area (Å²) in [5.74, 6) is 1.07. The van der Waals surface area contributed by atoms with Gasteiger partial charge in [0.25, 0.3) is 5.91 Å². The van der Waals surface area contributed by atoms with Crippen LogP contribution < -0.4 is 5.32 Å². The number of aryl methyl sites for hydroxylation is 2. The number of hydrogen-bond donors (Lipinski definition) is 1. The Hall–Kier alpha value is -1.85. The van der Waals surface area contributed by atoms with E-state index in [2.05, 4.69) is 10.5 Å². The van der Waals surface area contributed by atoms with E-state index in [0.717, 1.165) is 12.8 Å². The molecule has 2 atom stereocenters. The average Bonchev–Trinajstić information content (AvgIpc) is 2.77. The summed E-state index contributed by atoms with van der Waals surface area (Å²) in [4.78, 5) is 25.8. The molecule has 0 aromatic carbocycles. The van der Waals surface area contributed by atoms with Crippen molar-refractivity contribution in [3.63, 3.8) is 0 Å². The zero-order valence-corrected chi connectivity index (χ0v) is 11.8. The van der Waals surface area contributed by atoms with Crippen LogP contribution in [0, 0.1) is 19.8 Å². The van der Waals surface area contributed by atoms with Crippen molar-refractivity contribution in [2.24, 2.45) is 5.92 Å². The largest absolute Gasteiger partial charge is 0.361 e. The molecule has 1 aromatic heterocycles. The Labute approximate surface area is 117 Å². The quantitative estimate of drug-likeness (QED) is 0.832. The number of nitrogens with zero attached hydrogens (tertiary/aromatic N) is 2.